The molecule has 6 nitrogen and oxygen atoms in total. The van der Waals surface area contributed by atoms with Crippen molar-refractivity contribution in [1.82, 2.24) is 9.97 Å². The molecule has 1 aromatic rings. The van der Waals surface area contributed by atoms with Gasteiger partial charge in [-0.3, -0.25) is 4.79 Å². The third kappa shape index (κ3) is 2.05. The molecule has 0 aliphatic heterocycles. The number of nitrogen functional groups attached to an aromatic ring is 1. The van der Waals surface area contributed by atoms with Gasteiger partial charge >= 0.3 is 0 Å². The van der Waals surface area contributed by atoms with E-state index in [-0.39, 0.29) is 17.4 Å². The zero-order valence-corrected chi connectivity index (χ0v) is 7.15. The number of ether oxygens (including phenoxy) is 1. The van der Waals surface area contributed by atoms with Crippen LogP contribution in [0, 0.1) is 0 Å². The fraction of sp³-hybridized carbons (Fsp3) is 0.286. The number of hydrogen-bond acceptors (Lipinski definition) is 5. The number of primary amides is 1. The van der Waals surface area contributed by atoms with Crippen LogP contribution in [0.1, 0.15) is 17.3 Å². The van der Waals surface area contributed by atoms with Crippen molar-refractivity contribution in [3.8, 4) is 5.88 Å². The summed E-state index contributed by atoms with van der Waals surface area (Å²) in [5.74, 6) is -0.459. The van der Waals surface area contributed by atoms with Crippen LogP contribution in [0.25, 0.3) is 0 Å². The molecule has 0 aliphatic carbocycles. The van der Waals surface area contributed by atoms with Gasteiger partial charge in [0.25, 0.3) is 5.91 Å². The van der Waals surface area contributed by atoms with Crippen LogP contribution < -0.4 is 16.2 Å². The van der Waals surface area contributed by atoms with Crippen LogP contribution in [0.3, 0.4) is 0 Å². The standard InChI is InChI=1S/C7H10N4O2/c1-2-13-6-4(5(8)12)3-10-7(9)11-6/h3H,2H2,1H3,(H2,8,12)(H2,9,10,11). The number of carbonyl (C=O) groups is 1. The molecule has 1 aromatic heterocycles. The number of carbonyl (C=O) groups excluding carboxylic acids is 1. The van der Waals surface area contributed by atoms with Gasteiger partial charge in [0.1, 0.15) is 5.56 Å². The maximum Gasteiger partial charge on any atom is 0.255 e. The first kappa shape index (κ1) is 9.24. The monoisotopic (exact) mass is 182 g/mol. The lowest BCUT2D eigenvalue weighted by Crippen LogP contribution is -2.15. The fourth-order valence-corrected chi connectivity index (χ4v) is 0.795. The average Bonchev–Trinajstić information content (AvgIpc) is 2.04. The number of nitrogens with two attached hydrogens (primary N) is 2. The second kappa shape index (κ2) is 3.70. The van der Waals surface area contributed by atoms with Gasteiger partial charge in [0, 0.05) is 6.20 Å². The molecule has 0 saturated heterocycles. The largest absolute Gasteiger partial charge is 0.477 e. The third-order valence-corrected chi connectivity index (χ3v) is 1.32. The van der Waals surface area contributed by atoms with Gasteiger partial charge < -0.3 is 16.2 Å². The Morgan fingerprint density at radius 2 is 2.38 bits per heavy atom. The topological polar surface area (TPSA) is 104 Å². The van der Waals surface area contributed by atoms with Crippen LogP contribution in [0.2, 0.25) is 0 Å². The molecule has 1 rings (SSSR count). The number of rotatable bonds is 3. The molecule has 6 heteroatoms. The summed E-state index contributed by atoms with van der Waals surface area (Å²) in [4.78, 5) is 18.2. The molecule has 0 atom stereocenters. The van der Waals surface area contributed by atoms with E-state index in [4.69, 9.17) is 16.2 Å². The predicted octanol–water partition coefficient (Wildman–Crippen LogP) is -0.444. The molecule has 0 bridgehead atoms. The van der Waals surface area contributed by atoms with Crippen molar-refractivity contribution in [3.63, 3.8) is 0 Å². The highest BCUT2D eigenvalue weighted by Gasteiger charge is 2.11. The molecule has 1 amide bonds. The molecule has 0 aliphatic rings. The Morgan fingerprint density at radius 3 is 2.92 bits per heavy atom. The second-order valence-corrected chi connectivity index (χ2v) is 2.24. The molecule has 13 heavy (non-hydrogen) atoms. The van der Waals surface area contributed by atoms with Gasteiger partial charge in [-0.25, -0.2) is 4.98 Å². The summed E-state index contributed by atoms with van der Waals surface area (Å²) in [5, 5.41) is 0. The number of aromatic nitrogens is 2. The van der Waals surface area contributed by atoms with E-state index in [9.17, 15) is 4.79 Å². The molecular formula is C7H10N4O2. The number of amides is 1. The lowest BCUT2D eigenvalue weighted by Gasteiger charge is -2.05. The molecule has 0 aromatic carbocycles. The summed E-state index contributed by atoms with van der Waals surface area (Å²) in [5.41, 5.74) is 10.5. The Labute approximate surface area is 74.9 Å². The third-order valence-electron chi connectivity index (χ3n) is 1.32. The highest BCUT2D eigenvalue weighted by molar-refractivity contribution is 5.94. The maximum atomic E-state index is 10.8. The van der Waals surface area contributed by atoms with Crippen LogP contribution in [-0.2, 0) is 0 Å². The van der Waals surface area contributed by atoms with Gasteiger partial charge in [0.05, 0.1) is 6.61 Å². The molecule has 4 N–H and O–H groups in total. The van der Waals surface area contributed by atoms with E-state index in [1.54, 1.807) is 6.92 Å². The number of nitrogens with zero attached hydrogens (tertiary/aromatic N) is 2. The van der Waals surface area contributed by atoms with Crippen molar-refractivity contribution in [1.29, 1.82) is 0 Å². The summed E-state index contributed by atoms with van der Waals surface area (Å²) in [6, 6.07) is 0. The lowest BCUT2D eigenvalue weighted by molar-refractivity contribution is 0.0995. The van der Waals surface area contributed by atoms with Crippen molar-refractivity contribution in [2.75, 3.05) is 12.3 Å². The van der Waals surface area contributed by atoms with Gasteiger partial charge in [-0.05, 0) is 6.92 Å². The first-order valence-corrected chi connectivity index (χ1v) is 3.70. The minimum atomic E-state index is -0.636. The van der Waals surface area contributed by atoms with Crippen molar-refractivity contribution in [2.45, 2.75) is 6.92 Å². The Morgan fingerprint density at radius 1 is 1.69 bits per heavy atom. The highest BCUT2D eigenvalue weighted by atomic mass is 16.5. The van der Waals surface area contributed by atoms with E-state index in [0.29, 0.717) is 6.61 Å². The van der Waals surface area contributed by atoms with E-state index in [1.165, 1.54) is 6.20 Å². The molecule has 0 fully saturated rings. The zero-order valence-electron chi connectivity index (χ0n) is 7.15. The Bertz CT molecular complexity index is 326. The van der Waals surface area contributed by atoms with Crippen LogP contribution in [-0.4, -0.2) is 22.5 Å². The summed E-state index contributed by atoms with van der Waals surface area (Å²) in [6.07, 6.45) is 1.25. The van der Waals surface area contributed by atoms with Crippen LogP contribution >= 0.6 is 0 Å². The molecule has 0 unspecified atom stereocenters. The minimum absolute atomic E-state index is 0.0495. The fourth-order valence-electron chi connectivity index (χ4n) is 0.795. The van der Waals surface area contributed by atoms with Gasteiger partial charge in [-0.1, -0.05) is 0 Å². The van der Waals surface area contributed by atoms with Crippen molar-refractivity contribution in [3.05, 3.63) is 11.8 Å². The van der Waals surface area contributed by atoms with Crippen molar-refractivity contribution in [2.24, 2.45) is 5.73 Å². The van der Waals surface area contributed by atoms with Crippen LogP contribution in [0.5, 0.6) is 5.88 Å². The Kier molecular flexibility index (Phi) is 2.63. The second-order valence-electron chi connectivity index (χ2n) is 2.24. The smallest absolute Gasteiger partial charge is 0.255 e. The normalized spacial score (nSPS) is 9.62. The predicted molar refractivity (Wildman–Crippen MR) is 46.1 cm³/mol. The molecule has 0 saturated carbocycles. The van der Waals surface area contributed by atoms with E-state index >= 15 is 0 Å². The van der Waals surface area contributed by atoms with E-state index in [2.05, 4.69) is 9.97 Å². The zero-order chi connectivity index (χ0) is 9.84. The van der Waals surface area contributed by atoms with Crippen molar-refractivity contribution < 1.29 is 9.53 Å². The first-order chi connectivity index (χ1) is 6.15. The van der Waals surface area contributed by atoms with E-state index in [1.807, 2.05) is 0 Å². The molecule has 70 valence electrons. The summed E-state index contributed by atoms with van der Waals surface area (Å²) < 4.78 is 5.05. The van der Waals surface area contributed by atoms with E-state index in [0.717, 1.165) is 0 Å². The van der Waals surface area contributed by atoms with Gasteiger partial charge in [0.15, 0.2) is 0 Å². The average molecular weight is 182 g/mol. The minimum Gasteiger partial charge on any atom is -0.477 e. The van der Waals surface area contributed by atoms with Crippen LogP contribution in [0.4, 0.5) is 5.95 Å². The quantitative estimate of drug-likeness (QED) is 0.659. The summed E-state index contributed by atoms with van der Waals surface area (Å²) in [6.45, 7) is 2.15. The molecule has 1 heterocycles. The van der Waals surface area contributed by atoms with E-state index < -0.39 is 5.91 Å². The number of anilines is 1. The molecule has 0 spiro atoms. The summed E-state index contributed by atoms with van der Waals surface area (Å²) in [7, 11) is 0. The molecular weight excluding hydrogens is 172 g/mol. The lowest BCUT2D eigenvalue weighted by atomic mass is 10.3. The van der Waals surface area contributed by atoms with Gasteiger partial charge in [-0.15, -0.1) is 0 Å². The van der Waals surface area contributed by atoms with Crippen molar-refractivity contribution >= 4 is 11.9 Å². The van der Waals surface area contributed by atoms with Gasteiger partial charge in [-0.2, -0.15) is 4.98 Å². The molecule has 0 radical (unpaired) electrons. The Hall–Kier alpha value is -1.85. The SMILES string of the molecule is CCOc1nc(N)ncc1C(N)=O. The summed E-state index contributed by atoms with van der Waals surface area (Å²) >= 11 is 0. The highest BCUT2D eigenvalue weighted by Crippen LogP contribution is 2.14. The van der Waals surface area contributed by atoms with Crippen LogP contribution in [0.15, 0.2) is 6.20 Å². The maximum absolute atomic E-state index is 10.8. The van der Waals surface area contributed by atoms with Gasteiger partial charge in [0.2, 0.25) is 11.8 Å². The number of hydrogen-bond donors (Lipinski definition) is 2. The Balaban J connectivity index is 3.10. The first-order valence-electron chi connectivity index (χ1n) is 3.70.